The lowest BCUT2D eigenvalue weighted by Crippen LogP contribution is -2.25. The Morgan fingerprint density at radius 1 is 1.35 bits per heavy atom. The Hall–Kier alpha value is -2.42. The number of nitrogens with zero attached hydrogens (tertiary/aromatic N) is 2. The van der Waals surface area contributed by atoms with E-state index in [1.54, 1.807) is 11.7 Å². The molecule has 0 saturated heterocycles. The molecule has 0 N–H and O–H groups in total. The van der Waals surface area contributed by atoms with Gasteiger partial charge in [-0.15, -0.1) is 17.8 Å². The third-order valence-corrected chi connectivity index (χ3v) is 4.65. The zero-order valence-corrected chi connectivity index (χ0v) is 13.6. The third-order valence-electron chi connectivity index (χ3n) is 3.57. The van der Waals surface area contributed by atoms with Gasteiger partial charge in [0.25, 0.3) is 5.56 Å². The van der Waals surface area contributed by atoms with E-state index in [1.165, 1.54) is 11.3 Å². The van der Waals surface area contributed by atoms with Crippen LogP contribution in [-0.4, -0.2) is 23.3 Å². The van der Waals surface area contributed by atoms with Crippen molar-refractivity contribution in [2.75, 3.05) is 13.7 Å². The van der Waals surface area contributed by atoms with Crippen molar-refractivity contribution in [3.63, 3.8) is 0 Å². The van der Waals surface area contributed by atoms with Gasteiger partial charge in [-0.2, -0.15) is 0 Å². The Kier molecular flexibility index (Phi) is 4.56. The molecule has 0 aliphatic rings. The summed E-state index contributed by atoms with van der Waals surface area (Å²) in [6.07, 6.45) is 5.96. The molecule has 0 unspecified atom stereocenters. The first-order chi connectivity index (χ1) is 11.2. The van der Waals surface area contributed by atoms with Crippen molar-refractivity contribution in [3.8, 4) is 22.8 Å². The highest BCUT2D eigenvalue weighted by molar-refractivity contribution is 7.21. The van der Waals surface area contributed by atoms with Gasteiger partial charge in [-0.05, 0) is 11.6 Å². The van der Waals surface area contributed by atoms with E-state index in [1.807, 2.05) is 36.4 Å². The molecule has 116 valence electrons. The van der Waals surface area contributed by atoms with E-state index >= 15 is 0 Å². The summed E-state index contributed by atoms with van der Waals surface area (Å²) in [7, 11) is 1.63. The average molecular weight is 324 g/mol. The second-order valence-electron chi connectivity index (χ2n) is 5.06. The molecular formula is C18H16N2O2S. The second kappa shape index (κ2) is 6.78. The van der Waals surface area contributed by atoms with E-state index in [4.69, 9.17) is 11.2 Å². The Balaban J connectivity index is 2.17. The molecule has 0 saturated carbocycles. The monoisotopic (exact) mass is 324 g/mol. The van der Waals surface area contributed by atoms with Crippen LogP contribution >= 0.6 is 11.3 Å². The maximum atomic E-state index is 12.7. The van der Waals surface area contributed by atoms with Crippen LogP contribution in [0.2, 0.25) is 0 Å². The van der Waals surface area contributed by atoms with Crippen LogP contribution in [0.3, 0.4) is 0 Å². The molecule has 1 aromatic carbocycles. The van der Waals surface area contributed by atoms with Crippen molar-refractivity contribution >= 4 is 21.6 Å². The summed E-state index contributed by atoms with van der Waals surface area (Å²) in [6, 6.07) is 11.9. The van der Waals surface area contributed by atoms with Crippen LogP contribution in [0.1, 0.15) is 5.82 Å². The topological polar surface area (TPSA) is 44.1 Å². The molecule has 0 aliphatic carbocycles. The van der Waals surface area contributed by atoms with Crippen LogP contribution in [0.25, 0.3) is 20.7 Å². The minimum atomic E-state index is -0.0857. The predicted octanol–water partition coefficient (Wildman–Crippen LogP) is 2.95. The first kappa shape index (κ1) is 15.5. The fraction of sp³-hybridized carbons (Fsp3) is 0.222. The number of methoxy groups -OCH3 is 1. The third kappa shape index (κ3) is 3.04. The van der Waals surface area contributed by atoms with Gasteiger partial charge in [-0.1, -0.05) is 36.3 Å². The molecule has 0 spiro atoms. The summed E-state index contributed by atoms with van der Waals surface area (Å²) in [5, 5.41) is 0.616. The molecule has 2 heterocycles. The van der Waals surface area contributed by atoms with Crippen molar-refractivity contribution in [1.82, 2.24) is 9.55 Å². The smallest absolute Gasteiger partial charge is 0.263 e. The van der Waals surface area contributed by atoms with Gasteiger partial charge < -0.3 is 4.74 Å². The summed E-state index contributed by atoms with van der Waals surface area (Å²) in [6.45, 7) is 0.719. The van der Waals surface area contributed by atoms with Gasteiger partial charge in [0, 0.05) is 18.4 Å². The fourth-order valence-corrected chi connectivity index (χ4v) is 3.49. The molecule has 23 heavy (non-hydrogen) atoms. The highest BCUT2D eigenvalue weighted by Crippen LogP contribution is 2.30. The molecule has 3 aromatic rings. The van der Waals surface area contributed by atoms with Gasteiger partial charge in [0.15, 0.2) is 0 Å². The van der Waals surface area contributed by atoms with Crippen LogP contribution in [0, 0.1) is 12.3 Å². The molecule has 5 heteroatoms. The van der Waals surface area contributed by atoms with Crippen molar-refractivity contribution in [2.45, 2.75) is 13.0 Å². The lowest BCUT2D eigenvalue weighted by atomic mass is 10.2. The predicted molar refractivity (Wildman–Crippen MR) is 93.7 cm³/mol. The van der Waals surface area contributed by atoms with E-state index in [2.05, 4.69) is 10.9 Å². The molecular weight excluding hydrogens is 308 g/mol. The zero-order valence-electron chi connectivity index (χ0n) is 12.8. The number of hydrogen-bond donors (Lipinski definition) is 0. The number of thiophene rings is 1. The first-order valence-electron chi connectivity index (χ1n) is 7.25. The summed E-state index contributed by atoms with van der Waals surface area (Å²) in [4.78, 5) is 19.2. The maximum Gasteiger partial charge on any atom is 0.263 e. The molecule has 0 aliphatic heterocycles. The quantitative estimate of drug-likeness (QED) is 0.678. The van der Waals surface area contributed by atoms with Crippen LogP contribution in [-0.2, 0) is 17.7 Å². The van der Waals surface area contributed by atoms with Gasteiger partial charge in [-0.25, -0.2) is 4.98 Å². The molecule has 0 bridgehead atoms. The highest BCUT2D eigenvalue weighted by Gasteiger charge is 2.14. The Bertz CT molecular complexity index is 920. The van der Waals surface area contributed by atoms with Crippen molar-refractivity contribution in [1.29, 1.82) is 0 Å². The molecule has 0 atom stereocenters. The second-order valence-corrected chi connectivity index (χ2v) is 6.09. The molecule has 0 amide bonds. The highest BCUT2D eigenvalue weighted by atomic mass is 32.1. The zero-order chi connectivity index (χ0) is 16.2. The number of ether oxygens (including phenoxy) is 1. The van der Waals surface area contributed by atoms with Crippen LogP contribution in [0.5, 0.6) is 0 Å². The van der Waals surface area contributed by atoms with E-state index in [0.29, 0.717) is 24.2 Å². The van der Waals surface area contributed by atoms with Gasteiger partial charge >= 0.3 is 0 Å². The van der Waals surface area contributed by atoms with Crippen LogP contribution < -0.4 is 5.56 Å². The first-order valence-corrected chi connectivity index (χ1v) is 8.07. The molecule has 0 radical (unpaired) electrons. The molecule has 0 fully saturated rings. The number of aromatic nitrogens is 2. The van der Waals surface area contributed by atoms with E-state index in [0.717, 1.165) is 15.3 Å². The van der Waals surface area contributed by atoms with E-state index in [9.17, 15) is 4.79 Å². The molecule has 4 nitrogen and oxygen atoms in total. The number of hydrogen-bond acceptors (Lipinski definition) is 4. The van der Waals surface area contributed by atoms with Crippen molar-refractivity contribution in [2.24, 2.45) is 0 Å². The standard InChI is InChI=1S/C18H16N2O2S/c1-3-10-20-16(9-11-22-2)19-17-14(18(20)21)12-15(23-17)13-7-5-4-6-8-13/h1,4-8,12H,9-11H2,2H3. The van der Waals surface area contributed by atoms with Crippen molar-refractivity contribution < 1.29 is 4.74 Å². The van der Waals surface area contributed by atoms with Gasteiger partial charge in [0.1, 0.15) is 10.7 Å². The van der Waals surface area contributed by atoms with E-state index < -0.39 is 0 Å². The maximum absolute atomic E-state index is 12.7. The van der Waals surface area contributed by atoms with Crippen molar-refractivity contribution in [3.05, 3.63) is 52.6 Å². The minimum absolute atomic E-state index is 0.0857. The number of fused-ring (bicyclic) bond motifs is 1. The summed E-state index contributed by atoms with van der Waals surface area (Å²) < 4.78 is 6.66. The summed E-state index contributed by atoms with van der Waals surface area (Å²) >= 11 is 1.52. The van der Waals surface area contributed by atoms with Gasteiger partial charge in [-0.3, -0.25) is 9.36 Å². The molecule has 2 aromatic heterocycles. The average Bonchev–Trinajstić information content (AvgIpc) is 3.01. The van der Waals surface area contributed by atoms with Crippen LogP contribution in [0.4, 0.5) is 0 Å². The Morgan fingerprint density at radius 3 is 2.83 bits per heavy atom. The van der Waals surface area contributed by atoms with Crippen LogP contribution in [0.15, 0.2) is 41.2 Å². The van der Waals surface area contributed by atoms with Gasteiger partial charge in [0.05, 0.1) is 18.5 Å². The number of rotatable bonds is 5. The van der Waals surface area contributed by atoms with E-state index in [-0.39, 0.29) is 12.1 Å². The minimum Gasteiger partial charge on any atom is -0.384 e. The normalized spacial score (nSPS) is 10.8. The largest absolute Gasteiger partial charge is 0.384 e. The summed E-state index contributed by atoms with van der Waals surface area (Å²) in [5.41, 5.74) is 0.995. The summed E-state index contributed by atoms with van der Waals surface area (Å²) in [5.74, 6) is 3.20. The Labute approximate surface area is 138 Å². The number of benzene rings is 1. The SMILES string of the molecule is C#CCn1c(CCOC)nc2sc(-c3ccccc3)cc2c1=O. The lowest BCUT2D eigenvalue weighted by Gasteiger charge is -2.08. The number of terminal acetylenes is 1. The molecule has 3 rings (SSSR count). The van der Waals surface area contributed by atoms with Gasteiger partial charge in [0.2, 0.25) is 0 Å². The Morgan fingerprint density at radius 2 is 2.13 bits per heavy atom. The lowest BCUT2D eigenvalue weighted by molar-refractivity contribution is 0.199. The fourth-order valence-electron chi connectivity index (χ4n) is 2.44.